The summed E-state index contributed by atoms with van der Waals surface area (Å²) in [6.07, 6.45) is 2.69. The summed E-state index contributed by atoms with van der Waals surface area (Å²) in [6, 6.07) is 3.87. The van der Waals surface area contributed by atoms with Crippen LogP contribution in [0.4, 0.5) is 28.4 Å². The van der Waals surface area contributed by atoms with Gasteiger partial charge in [-0.25, -0.2) is 17.6 Å². The van der Waals surface area contributed by atoms with Crippen LogP contribution >= 0.6 is 22.9 Å². The van der Waals surface area contributed by atoms with E-state index < -0.39 is 30.1 Å². The fraction of sp³-hybridized carbons (Fsp3) is 0.469. The highest BCUT2D eigenvalue weighted by Gasteiger charge is 2.48. The third-order valence-electron chi connectivity index (χ3n) is 9.99. The molecular formula is C32H29ClF4N6O2S. The highest BCUT2D eigenvalue weighted by atomic mass is 35.5. The molecule has 0 radical (unpaired) electrons. The van der Waals surface area contributed by atoms with Gasteiger partial charge < -0.3 is 20.1 Å². The Bertz CT molecular complexity index is 1980. The molecule has 0 spiro atoms. The number of anilines is 2. The minimum atomic E-state index is -3.00. The average Bonchev–Trinajstić information content (AvgIpc) is 3.62. The number of aromatic nitrogens is 2. The van der Waals surface area contributed by atoms with Crippen molar-refractivity contribution in [3.8, 4) is 29.0 Å². The molecule has 4 aliphatic heterocycles. The van der Waals surface area contributed by atoms with Crippen molar-refractivity contribution in [1.29, 1.82) is 5.26 Å². The molecule has 240 valence electrons. The van der Waals surface area contributed by atoms with Crippen molar-refractivity contribution in [2.45, 2.75) is 56.5 Å². The van der Waals surface area contributed by atoms with Gasteiger partial charge >= 0.3 is 6.01 Å². The third-order valence-corrected chi connectivity index (χ3v) is 11.4. The van der Waals surface area contributed by atoms with Crippen LogP contribution in [0.5, 0.6) is 11.8 Å². The molecule has 14 heteroatoms. The summed E-state index contributed by atoms with van der Waals surface area (Å²) >= 11 is 7.81. The van der Waals surface area contributed by atoms with Gasteiger partial charge in [-0.05, 0) is 49.8 Å². The number of nitrogen functional groups attached to an aromatic ring is 1. The van der Waals surface area contributed by atoms with Gasteiger partial charge in [0.1, 0.15) is 41.4 Å². The molecule has 4 aromatic rings. The standard InChI is InChI=1S/C32H29ClF4N6O2S/c1-15-9-31(6-2-8-42(31)11-15)14-45-30-40-25-22-26(44-12-16-5-7-32(36,37)13-43(16)29(22)41-30)23(33)21(24(25)35)17-3-4-19(34)27-20(17)18(10-38)28(39)46-27/h3-4,15-16H,2,5-9,11-14,39H2,1H3/t15-,16?,31?/m1/s1. The van der Waals surface area contributed by atoms with Crippen molar-refractivity contribution in [1.82, 2.24) is 14.9 Å². The number of nitrogens with zero attached hydrogens (tertiary/aromatic N) is 5. The van der Waals surface area contributed by atoms with E-state index in [9.17, 15) is 18.4 Å². The number of thiophene rings is 1. The molecule has 0 aliphatic carbocycles. The molecule has 0 saturated carbocycles. The fourth-order valence-corrected chi connectivity index (χ4v) is 9.28. The second-order valence-corrected chi connectivity index (χ2v) is 14.4. The smallest absolute Gasteiger partial charge is 0.319 e. The first kappa shape index (κ1) is 29.8. The van der Waals surface area contributed by atoms with Gasteiger partial charge in [-0.3, -0.25) is 4.90 Å². The Morgan fingerprint density at radius 3 is 2.87 bits per heavy atom. The van der Waals surface area contributed by atoms with E-state index in [0.717, 1.165) is 49.8 Å². The second-order valence-electron chi connectivity index (χ2n) is 13.0. The van der Waals surface area contributed by atoms with Crippen LogP contribution in [0.1, 0.15) is 44.6 Å². The lowest BCUT2D eigenvalue weighted by Gasteiger charge is -2.39. The van der Waals surface area contributed by atoms with Gasteiger partial charge in [0.05, 0.1) is 38.8 Å². The number of halogens is 5. The van der Waals surface area contributed by atoms with Crippen molar-refractivity contribution < 1.29 is 27.0 Å². The van der Waals surface area contributed by atoms with Crippen LogP contribution in [-0.4, -0.2) is 65.2 Å². The lowest BCUT2D eigenvalue weighted by molar-refractivity contribution is -0.0215. The molecule has 3 atom stereocenters. The van der Waals surface area contributed by atoms with Crippen LogP contribution in [0, 0.1) is 28.9 Å². The maximum Gasteiger partial charge on any atom is 0.319 e. The van der Waals surface area contributed by atoms with Gasteiger partial charge in [0, 0.05) is 23.9 Å². The number of alkyl halides is 2. The molecule has 2 N–H and O–H groups in total. The van der Waals surface area contributed by atoms with Crippen LogP contribution in [0.2, 0.25) is 5.02 Å². The van der Waals surface area contributed by atoms with Crippen molar-refractivity contribution in [3.63, 3.8) is 0 Å². The molecule has 2 aromatic heterocycles. The number of rotatable bonds is 4. The predicted octanol–water partition coefficient (Wildman–Crippen LogP) is 7.15. The van der Waals surface area contributed by atoms with E-state index in [1.165, 1.54) is 11.0 Å². The highest BCUT2D eigenvalue weighted by molar-refractivity contribution is 7.23. The molecule has 4 aliphatic rings. The number of ether oxygens (including phenoxy) is 2. The Morgan fingerprint density at radius 1 is 1.24 bits per heavy atom. The molecule has 0 amide bonds. The summed E-state index contributed by atoms with van der Waals surface area (Å²) in [5, 5.41) is 9.96. The van der Waals surface area contributed by atoms with Crippen LogP contribution in [0.25, 0.3) is 32.1 Å². The summed E-state index contributed by atoms with van der Waals surface area (Å²) < 4.78 is 74.2. The molecule has 8 nitrogen and oxygen atoms in total. The number of nitrogens with two attached hydrogens (primary N) is 1. The number of hydrogen-bond donors (Lipinski definition) is 1. The molecule has 2 unspecified atom stereocenters. The second kappa shape index (κ2) is 10.5. The van der Waals surface area contributed by atoms with Crippen molar-refractivity contribution >= 4 is 54.7 Å². The zero-order valence-corrected chi connectivity index (χ0v) is 26.4. The van der Waals surface area contributed by atoms with Crippen molar-refractivity contribution in [2.75, 3.05) is 43.5 Å². The first-order chi connectivity index (χ1) is 22.0. The molecule has 3 saturated heterocycles. The lowest BCUT2D eigenvalue weighted by atomic mass is 9.92. The molecule has 2 aromatic carbocycles. The van der Waals surface area contributed by atoms with Crippen molar-refractivity contribution in [2.24, 2.45) is 5.92 Å². The zero-order chi connectivity index (χ0) is 32.1. The van der Waals surface area contributed by atoms with E-state index in [1.54, 1.807) is 0 Å². The van der Waals surface area contributed by atoms with Crippen LogP contribution in [0.3, 0.4) is 0 Å². The summed E-state index contributed by atoms with van der Waals surface area (Å²) in [6.45, 7) is 3.74. The number of fused-ring (bicyclic) bond motifs is 4. The Morgan fingerprint density at radius 2 is 2.07 bits per heavy atom. The molecule has 3 fully saturated rings. The van der Waals surface area contributed by atoms with E-state index in [0.29, 0.717) is 5.92 Å². The largest absolute Gasteiger partial charge is 0.489 e. The molecule has 8 rings (SSSR count). The minimum absolute atomic E-state index is 0.00484. The van der Waals surface area contributed by atoms with Crippen LogP contribution in [0.15, 0.2) is 12.1 Å². The van der Waals surface area contributed by atoms with E-state index in [4.69, 9.17) is 26.8 Å². The topological polar surface area (TPSA) is 101 Å². The maximum atomic E-state index is 17.0. The highest BCUT2D eigenvalue weighted by Crippen LogP contribution is 2.52. The molecule has 46 heavy (non-hydrogen) atoms. The third kappa shape index (κ3) is 4.40. The predicted molar refractivity (Wildman–Crippen MR) is 168 cm³/mol. The van der Waals surface area contributed by atoms with Crippen LogP contribution in [-0.2, 0) is 0 Å². The monoisotopic (exact) mass is 672 g/mol. The van der Waals surface area contributed by atoms with Gasteiger partial charge in [-0.2, -0.15) is 15.2 Å². The average molecular weight is 673 g/mol. The molecule has 6 heterocycles. The Balaban J connectivity index is 1.35. The van der Waals surface area contributed by atoms with Crippen molar-refractivity contribution in [3.05, 3.63) is 34.4 Å². The Labute approximate surface area is 270 Å². The summed E-state index contributed by atoms with van der Waals surface area (Å²) in [4.78, 5) is 13.0. The quantitative estimate of drug-likeness (QED) is 0.228. The van der Waals surface area contributed by atoms with E-state index in [1.807, 2.05) is 6.07 Å². The summed E-state index contributed by atoms with van der Waals surface area (Å²) in [7, 11) is 0. The van der Waals surface area contributed by atoms with E-state index in [-0.39, 0.29) is 96.9 Å². The summed E-state index contributed by atoms with van der Waals surface area (Å²) in [5.41, 5.74) is 5.58. The maximum absolute atomic E-state index is 17.0. The van der Waals surface area contributed by atoms with Gasteiger partial charge in [-0.15, -0.1) is 11.3 Å². The number of benzene rings is 2. The number of nitriles is 1. The zero-order valence-electron chi connectivity index (χ0n) is 24.8. The van der Waals surface area contributed by atoms with Gasteiger partial charge in [0.25, 0.3) is 5.92 Å². The number of piperidine rings is 1. The van der Waals surface area contributed by atoms with E-state index in [2.05, 4.69) is 21.8 Å². The fourth-order valence-electron chi connectivity index (χ4n) is 8.00. The Kier molecular flexibility index (Phi) is 6.77. The van der Waals surface area contributed by atoms with Gasteiger partial charge in [0.15, 0.2) is 11.6 Å². The van der Waals surface area contributed by atoms with Gasteiger partial charge in [0.2, 0.25) is 0 Å². The Hall–Kier alpha value is -3.60. The first-order valence-corrected chi connectivity index (χ1v) is 16.5. The summed E-state index contributed by atoms with van der Waals surface area (Å²) in [5.74, 6) is -3.95. The molecule has 0 bridgehead atoms. The van der Waals surface area contributed by atoms with Crippen LogP contribution < -0.4 is 20.1 Å². The van der Waals surface area contributed by atoms with Gasteiger partial charge in [-0.1, -0.05) is 24.6 Å². The molecular weight excluding hydrogens is 644 g/mol. The lowest BCUT2D eigenvalue weighted by Crippen LogP contribution is -2.51. The minimum Gasteiger partial charge on any atom is -0.489 e. The number of hydrogen-bond acceptors (Lipinski definition) is 9. The van der Waals surface area contributed by atoms with E-state index >= 15 is 4.39 Å². The SMILES string of the molecule is C[C@H]1CN2CCCC2(COc2nc3c4c(c(Cl)c(-c5ccc(F)c6sc(N)c(C#N)c56)c(F)c4n2)OCC2CCC(F)(F)CN32)C1. The normalized spacial score (nSPS) is 25.3. The first-order valence-electron chi connectivity index (χ1n) is 15.3.